The minimum atomic E-state index is -0.896. The molecule has 1 aromatic carbocycles. The van der Waals surface area contributed by atoms with Crippen LogP contribution >= 0.6 is 11.8 Å². The Balaban J connectivity index is 1.68. The zero-order valence-electron chi connectivity index (χ0n) is 11.6. The van der Waals surface area contributed by atoms with Gasteiger partial charge in [0.05, 0.1) is 11.5 Å². The van der Waals surface area contributed by atoms with E-state index >= 15 is 0 Å². The number of nitrogens with zero attached hydrogens (tertiary/aromatic N) is 1. The summed E-state index contributed by atoms with van der Waals surface area (Å²) in [5, 5.41) is 12.5. The van der Waals surface area contributed by atoms with E-state index in [2.05, 4.69) is 34.3 Å². The van der Waals surface area contributed by atoms with Crippen molar-refractivity contribution >= 4 is 34.5 Å². The number of thioether (sulfide) groups is 1. The van der Waals surface area contributed by atoms with E-state index < -0.39 is 5.97 Å². The van der Waals surface area contributed by atoms with E-state index in [-0.39, 0.29) is 17.4 Å². The van der Waals surface area contributed by atoms with Crippen LogP contribution in [0.3, 0.4) is 0 Å². The number of aromatic nitrogens is 1. The molecular formula is C15H18N2O3S. The molecule has 2 rings (SSSR count). The lowest BCUT2D eigenvalue weighted by Crippen LogP contribution is -2.27. The van der Waals surface area contributed by atoms with Gasteiger partial charge in [-0.05, 0) is 23.9 Å². The SMILES string of the molecule is O=C(O)CSCC(=O)NCCCn1ccc2ccccc21. The van der Waals surface area contributed by atoms with Gasteiger partial charge in [-0.15, -0.1) is 11.8 Å². The number of aryl methyl sites for hydroxylation is 1. The maximum atomic E-state index is 11.5. The molecule has 1 aromatic heterocycles. The first kappa shape index (κ1) is 15.4. The van der Waals surface area contributed by atoms with E-state index in [1.165, 1.54) is 10.9 Å². The molecule has 0 aliphatic rings. The molecule has 0 radical (unpaired) electrons. The van der Waals surface area contributed by atoms with Gasteiger partial charge in [-0.2, -0.15) is 0 Å². The van der Waals surface area contributed by atoms with Gasteiger partial charge in [0.2, 0.25) is 5.91 Å². The van der Waals surface area contributed by atoms with Gasteiger partial charge in [0.25, 0.3) is 0 Å². The highest BCUT2D eigenvalue weighted by Gasteiger charge is 2.04. The summed E-state index contributed by atoms with van der Waals surface area (Å²) >= 11 is 1.11. The predicted molar refractivity (Wildman–Crippen MR) is 84.5 cm³/mol. The van der Waals surface area contributed by atoms with Crippen LogP contribution in [0, 0.1) is 0 Å². The van der Waals surface area contributed by atoms with Crippen molar-refractivity contribution < 1.29 is 14.7 Å². The number of carboxylic acid groups (broad SMARTS) is 1. The fourth-order valence-electron chi connectivity index (χ4n) is 2.09. The second-order valence-electron chi connectivity index (χ2n) is 4.66. The fraction of sp³-hybridized carbons (Fsp3) is 0.333. The Bertz CT molecular complexity index is 624. The largest absolute Gasteiger partial charge is 0.481 e. The highest BCUT2D eigenvalue weighted by molar-refractivity contribution is 8.00. The summed E-state index contributed by atoms with van der Waals surface area (Å²) in [6, 6.07) is 10.3. The maximum Gasteiger partial charge on any atom is 0.313 e. The van der Waals surface area contributed by atoms with E-state index in [1.807, 2.05) is 12.1 Å². The van der Waals surface area contributed by atoms with Crippen molar-refractivity contribution in [2.45, 2.75) is 13.0 Å². The third-order valence-corrected chi connectivity index (χ3v) is 3.95. The van der Waals surface area contributed by atoms with Crippen molar-refractivity contribution in [2.75, 3.05) is 18.1 Å². The quantitative estimate of drug-likeness (QED) is 0.731. The number of para-hydroxylation sites is 1. The third kappa shape index (κ3) is 4.82. The molecule has 0 bridgehead atoms. The summed E-state index contributed by atoms with van der Waals surface area (Å²) in [6.45, 7) is 1.44. The summed E-state index contributed by atoms with van der Waals surface area (Å²) in [6.07, 6.45) is 2.89. The molecule has 1 amide bonds. The number of benzene rings is 1. The highest BCUT2D eigenvalue weighted by Crippen LogP contribution is 2.15. The number of carbonyl (C=O) groups is 2. The number of hydrogen-bond donors (Lipinski definition) is 2. The normalized spacial score (nSPS) is 10.7. The minimum absolute atomic E-state index is 0.0389. The van der Waals surface area contributed by atoms with Crippen molar-refractivity contribution in [1.82, 2.24) is 9.88 Å². The second-order valence-corrected chi connectivity index (χ2v) is 5.64. The van der Waals surface area contributed by atoms with Gasteiger partial charge >= 0.3 is 5.97 Å². The van der Waals surface area contributed by atoms with Crippen LogP contribution in [0.15, 0.2) is 36.5 Å². The van der Waals surface area contributed by atoms with Gasteiger partial charge in [0, 0.05) is 24.8 Å². The van der Waals surface area contributed by atoms with Crippen LogP contribution in [-0.4, -0.2) is 39.6 Å². The molecule has 21 heavy (non-hydrogen) atoms. The van der Waals surface area contributed by atoms with Crippen molar-refractivity contribution in [3.8, 4) is 0 Å². The Morgan fingerprint density at radius 3 is 2.81 bits per heavy atom. The summed E-state index contributed by atoms with van der Waals surface area (Å²) in [4.78, 5) is 21.8. The molecule has 1 heterocycles. The first-order valence-electron chi connectivity index (χ1n) is 6.77. The summed E-state index contributed by atoms with van der Waals surface area (Å²) in [5.74, 6) is -0.854. The molecule has 0 saturated heterocycles. The predicted octanol–water partition coefficient (Wildman–Crippen LogP) is 1.97. The van der Waals surface area contributed by atoms with Gasteiger partial charge in [-0.1, -0.05) is 18.2 Å². The van der Waals surface area contributed by atoms with E-state index in [0.717, 1.165) is 24.7 Å². The lowest BCUT2D eigenvalue weighted by Gasteiger charge is -2.07. The minimum Gasteiger partial charge on any atom is -0.481 e. The number of carbonyl (C=O) groups excluding carboxylic acids is 1. The van der Waals surface area contributed by atoms with Crippen LogP contribution < -0.4 is 5.32 Å². The molecule has 5 nitrogen and oxygen atoms in total. The smallest absolute Gasteiger partial charge is 0.313 e. The Kier molecular flexibility index (Phi) is 5.68. The van der Waals surface area contributed by atoms with Gasteiger partial charge in [-0.3, -0.25) is 9.59 Å². The topological polar surface area (TPSA) is 71.3 Å². The van der Waals surface area contributed by atoms with Crippen molar-refractivity contribution in [3.05, 3.63) is 36.5 Å². The van der Waals surface area contributed by atoms with Crippen LogP contribution in [0.2, 0.25) is 0 Å². The van der Waals surface area contributed by atoms with Crippen LogP contribution in [0.4, 0.5) is 0 Å². The van der Waals surface area contributed by atoms with Gasteiger partial charge in [0.1, 0.15) is 0 Å². The molecule has 0 fully saturated rings. The molecule has 112 valence electrons. The lowest BCUT2D eigenvalue weighted by molar-refractivity contribution is -0.133. The Labute approximate surface area is 127 Å². The Hall–Kier alpha value is -1.95. The molecular weight excluding hydrogens is 288 g/mol. The van der Waals surface area contributed by atoms with E-state index in [4.69, 9.17) is 5.11 Å². The number of carboxylic acids is 1. The molecule has 0 spiro atoms. The zero-order chi connectivity index (χ0) is 15.1. The molecule has 6 heteroatoms. The van der Waals surface area contributed by atoms with Crippen molar-refractivity contribution in [1.29, 1.82) is 0 Å². The lowest BCUT2D eigenvalue weighted by atomic mass is 10.2. The number of hydrogen-bond acceptors (Lipinski definition) is 3. The molecule has 2 aromatic rings. The van der Waals surface area contributed by atoms with Crippen LogP contribution in [0.5, 0.6) is 0 Å². The van der Waals surface area contributed by atoms with Gasteiger partial charge in [0.15, 0.2) is 0 Å². The number of nitrogens with one attached hydrogen (secondary N) is 1. The van der Waals surface area contributed by atoms with Crippen LogP contribution in [-0.2, 0) is 16.1 Å². The van der Waals surface area contributed by atoms with Crippen molar-refractivity contribution in [2.24, 2.45) is 0 Å². The molecule has 0 atom stereocenters. The average molecular weight is 306 g/mol. The number of rotatable bonds is 8. The molecule has 0 saturated carbocycles. The van der Waals surface area contributed by atoms with Gasteiger partial charge in [-0.25, -0.2) is 0 Å². The zero-order valence-corrected chi connectivity index (χ0v) is 12.4. The number of amides is 1. The first-order chi connectivity index (χ1) is 10.2. The van der Waals surface area contributed by atoms with E-state index in [1.54, 1.807) is 0 Å². The highest BCUT2D eigenvalue weighted by atomic mass is 32.2. The van der Waals surface area contributed by atoms with Gasteiger partial charge < -0.3 is 15.0 Å². The van der Waals surface area contributed by atoms with Crippen LogP contribution in [0.1, 0.15) is 6.42 Å². The summed E-state index contributed by atoms with van der Waals surface area (Å²) < 4.78 is 2.17. The van der Waals surface area contributed by atoms with Crippen LogP contribution in [0.25, 0.3) is 10.9 Å². The fourth-order valence-corrected chi connectivity index (χ4v) is 2.66. The average Bonchev–Trinajstić information content (AvgIpc) is 2.86. The third-order valence-electron chi connectivity index (χ3n) is 3.04. The Morgan fingerprint density at radius 1 is 1.19 bits per heavy atom. The molecule has 0 unspecified atom stereocenters. The standard InChI is InChI=1S/C15H18N2O3S/c18-14(10-21-11-15(19)20)16-7-3-8-17-9-6-12-4-1-2-5-13(12)17/h1-2,4-6,9H,3,7-8,10-11H2,(H,16,18)(H,19,20). The van der Waals surface area contributed by atoms with E-state index in [9.17, 15) is 9.59 Å². The number of fused-ring (bicyclic) bond motifs is 1. The monoisotopic (exact) mass is 306 g/mol. The number of aliphatic carboxylic acids is 1. The van der Waals surface area contributed by atoms with E-state index in [0.29, 0.717) is 6.54 Å². The van der Waals surface area contributed by atoms with Crippen molar-refractivity contribution in [3.63, 3.8) is 0 Å². The summed E-state index contributed by atoms with van der Waals surface area (Å²) in [5.41, 5.74) is 1.20. The maximum absolute atomic E-state index is 11.5. The molecule has 0 aliphatic heterocycles. The first-order valence-corrected chi connectivity index (χ1v) is 7.92. The second kappa shape index (κ2) is 7.73. The Morgan fingerprint density at radius 2 is 2.00 bits per heavy atom. The molecule has 2 N–H and O–H groups in total. The summed E-state index contributed by atoms with van der Waals surface area (Å²) in [7, 11) is 0. The molecule has 0 aliphatic carbocycles.